The van der Waals surface area contributed by atoms with Crippen LogP contribution in [0.1, 0.15) is 40.6 Å². The average molecular weight is 431 g/mol. The third-order valence-corrected chi connectivity index (χ3v) is 6.36. The number of nitrogens with one attached hydrogen (secondary N) is 3. The first-order valence-electron chi connectivity index (χ1n) is 9.58. The van der Waals surface area contributed by atoms with Crippen LogP contribution in [-0.2, 0) is 4.84 Å². The Balaban J connectivity index is 1.39. The summed E-state index contributed by atoms with van der Waals surface area (Å²) in [6, 6.07) is 11.3. The molecule has 1 unspecified atom stereocenters. The predicted octanol–water partition coefficient (Wildman–Crippen LogP) is 3.89. The number of hydrogen-bond acceptors (Lipinski definition) is 5. The van der Waals surface area contributed by atoms with Gasteiger partial charge in [0.25, 0.3) is 5.91 Å². The number of amidine groups is 1. The Kier molecular flexibility index (Phi) is 5.63. The largest absolute Gasteiger partial charge is 0.357 e. The molecule has 3 N–H and O–H groups in total. The Hall–Kier alpha value is -2.35. The van der Waals surface area contributed by atoms with Crippen LogP contribution >= 0.6 is 22.9 Å². The van der Waals surface area contributed by atoms with Gasteiger partial charge < -0.3 is 10.2 Å². The second-order valence-electron chi connectivity index (χ2n) is 7.48. The minimum atomic E-state index is -0.660. The molecule has 0 saturated carbocycles. The summed E-state index contributed by atoms with van der Waals surface area (Å²) >= 11 is 7.14. The monoisotopic (exact) mass is 430 g/mol. The Morgan fingerprint density at radius 3 is 2.66 bits per heavy atom. The van der Waals surface area contributed by atoms with Crippen molar-refractivity contribution in [3.8, 4) is 0 Å². The van der Waals surface area contributed by atoms with Crippen molar-refractivity contribution in [1.29, 1.82) is 5.41 Å². The van der Waals surface area contributed by atoms with E-state index >= 15 is 0 Å². The molecule has 2 aliphatic heterocycles. The standard InChI is InChI=1S/C21H23ClN4O2S/c1-21(13-24-20(27)17-8-9-18(22)29-17)12-16(25-28-21)14-4-6-15(7-5-14)19(23)26-10-2-3-11-26/h4-9,12,23,25H,2-3,10-11,13H2,1H3,(H,24,27). The average Bonchev–Trinajstić information content (AvgIpc) is 3.47. The third kappa shape index (κ3) is 4.47. The zero-order valence-electron chi connectivity index (χ0n) is 16.1. The van der Waals surface area contributed by atoms with Gasteiger partial charge in [0, 0.05) is 18.7 Å². The first kappa shape index (κ1) is 19.9. The maximum absolute atomic E-state index is 12.2. The summed E-state index contributed by atoms with van der Waals surface area (Å²) in [6.45, 7) is 4.16. The highest BCUT2D eigenvalue weighted by atomic mass is 35.5. The molecular weight excluding hydrogens is 408 g/mol. The molecule has 0 spiro atoms. The summed E-state index contributed by atoms with van der Waals surface area (Å²) in [6.07, 6.45) is 4.28. The van der Waals surface area contributed by atoms with Crippen molar-refractivity contribution in [2.24, 2.45) is 0 Å². The van der Waals surface area contributed by atoms with Crippen LogP contribution in [0.5, 0.6) is 0 Å². The Morgan fingerprint density at radius 2 is 2.00 bits per heavy atom. The fourth-order valence-corrected chi connectivity index (χ4v) is 4.43. The van der Waals surface area contributed by atoms with Crippen molar-refractivity contribution in [1.82, 2.24) is 15.7 Å². The normalized spacial score (nSPS) is 21.0. The van der Waals surface area contributed by atoms with Crippen molar-refractivity contribution < 1.29 is 9.63 Å². The van der Waals surface area contributed by atoms with Crippen molar-refractivity contribution in [2.75, 3.05) is 19.6 Å². The summed E-state index contributed by atoms with van der Waals surface area (Å²) in [7, 11) is 0. The van der Waals surface area contributed by atoms with Crippen LogP contribution in [0.3, 0.4) is 0 Å². The molecule has 1 atom stereocenters. The van der Waals surface area contributed by atoms with Gasteiger partial charge in [0.1, 0.15) is 11.4 Å². The molecule has 4 rings (SSSR count). The lowest BCUT2D eigenvalue weighted by atomic mass is 10.0. The van der Waals surface area contributed by atoms with Crippen LogP contribution in [-0.4, -0.2) is 41.9 Å². The number of carbonyl (C=O) groups is 1. The predicted molar refractivity (Wildman–Crippen MR) is 116 cm³/mol. The first-order valence-corrected chi connectivity index (χ1v) is 10.8. The molecule has 1 fully saturated rings. The van der Waals surface area contributed by atoms with Gasteiger partial charge >= 0.3 is 0 Å². The third-order valence-electron chi connectivity index (χ3n) is 5.13. The summed E-state index contributed by atoms with van der Waals surface area (Å²) < 4.78 is 0.587. The molecular formula is C21H23ClN4O2S. The highest BCUT2D eigenvalue weighted by molar-refractivity contribution is 7.18. The van der Waals surface area contributed by atoms with Crippen LogP contribution in [0.25, 0.3) is 5.70 Å². The lowest BCUT2D eigenvalue weighted by Crippen LogP contribution is -2.40. The number of hydroxylamine groups is 1. The van der Waals surface area contributed by atoms with Crippen molar-refractivity contribution in [3.63, 3.8) is 0 Å². The second kappa shape index (κ2) is 8.18. The van der Waals surface area contributed by atoms with Gasteiger partial charge in [0.15, 0.2) is 0 Å². The van der Waals surface area contributed by atoms with Crippen LogP contribution in [0.2, 0.25) is 4.34 Å². The fourth-order valence-electron chi connectivity index (χ4n) is 3.48. The molecule has 152 valence electrons. The SMILES string of the molecule is CC1(CNC(=O)c2ccc(Cl)s2)C=C(c2ccc(C(=N)N3CCCC3)cc2)NO1. The highest BCUT2D eigenvalue weighted by Gasteiger charge is 2.31. The second-order valence-corrected chi connectivity index (χ2v) is 9.20. The molecule has 1 aromatic carbocycles. The molecule has 2 aromatic rings. The van der Waals surface area contributed by atoms with E-state index in [-0.39, 0.29) is 5.91 Å². The smallest absolute Gasteiger partial charge is 0.261 e. The van der Waals surface area contributed by atoms with E-state index in [1.165, 1.54) is 11.3 Å². The molecule has 0 radical (unpaired) electrons. The number of amides is 1. The number of halogens is 1. The van der Waals surface area contributed by atoms with Crippen LogP contribution in [0.4, 0.5) is 0 Å². The van der Waals surface area contributed by atoms with Gasteiger partial charge in [0.2, 0.25) is 0 Å². The van der Waals surface area contributed by atoms with E-state index in [9.17, 15) is 4.79 Å². The van der Waals surface area contributed by atoms with Crippen molar-refractivity contribution in [2.45, 2.75) is 25.4 Å². The van der Waals surface area contributed by atoms with Gasteiger partial charge in [-0.1, -0.05) is 35.9 Å². The van der Waals surface area contributed by atoms with E-state index in [0.717, 1.165) is 42.8 Å². The molecule has 1 amide bonds. The molecule has 29 heavy (non-hydrogen) atoms. The fraction of sp³-hybridized carbons (Fsp3) is 0.333. The molecule has 0 bridgehead atoms. The lowest BCUT2D eigenvalue weighted by molar-refractivity contribution is -0.0194. The van der Waals surface area contributed by atoms with Gasteiger partial charge in [-0.2, -0.15) is 0 Å². The number of thiophene rings is 1. The van der Waals surface area contributed by atoms with Crippen molar-refractivity contribution >= 4 is 40.4 Å². The number of likely N-dealkylation sites (tertiary alicyclic amines) is 1. The van der Waals surface area contributed by atoms with Crippen LogP contribution in [0, 0.1) is 5.41 Å². The molecule has 8 heteroatoms. The van der Waals surface area contributed by atoms with E-state index in [1.807, 2.05) is 37.3 Å². The van der Waals surface area contributed by atoms with Gasteiger partial charge in [-0.15, -0.1) is 11.3 Å². The summed E-state index contributed by atoms with van der Waals surface area (Å²) in [4.78, 5) is 20.7. The maximum atomic E-state index is 12.2. The molecule has 1 saturated heterocycles. The number of rotatable bonds is 5. The van der Waals surface area contributed by atoms with Gasteiger partial charge in [0.05, 0.1) is 21.5 Å². The number of nitrogens with zero attached hydrogens (tertiary/aromatic N) is 1. The topological polar surface area (TPSA) is 77.5 Å². The van der Waals surface area contributed by atoms with Crippen molar-refractivity contribution in [3.05, 3.63) is 62.8 Å². The van der Waals surface area contributed by atoms with E-state index in [4.69, 9.17) is 21.8 Å². The van der Waals surface area contributed by atoms with Crippen LogP contribution < -0.4 is 10.8 Å². The van der Waals surface area contributed by atoms with E-state index < -0.39 is 5.60 Å². The minimum absolute atomic E-state index is 0.168. The first-order chi connectivity index (χ1) is 13.9. The summed E-state index contributed by atoms with van der Waals surface area (Å²) in [5.41, 5.74) is 5.04. The molecule has 6 nitrogen and oxygen atoms in total. The number of hydrogen-bond donors (Lipinski definition) is 3. The zero-order chi connectivity index (χ0) is 20.4. The van der Waals surface area contributed by atoms with E-state index in [1.54, 1.807) is 12.1 Å². The molecule has 1 aromatic heterocycles. The summed E-state index contributed by atoms with van der Waals surface area (Å²) in [5, 5.41) is 11.3. The quantitative estimate of drug-likeness (QED) is 0.496. The zero-order valence-corrected chi connectivity index (χ0v) is 17.7. The van der Waals surface area contributed by atoms with Gasteiger partial charge in [-0.3, -0.25) is 20.5 Å². The van der Waals surface area contributed by atoms with Crippen LogP contribution in [0.15, 0.2) is 42.5 Å². The number of benzene rings is 1. The molecule has 2 aliphatic rings. The summed E-state index contributed by atoms with van der Waals surface area (Å²) in [5.74, 6) is 0.415. The Morgan fingerprint density at radius 1 is 1.28 bits per heavy atom. The van der Waals surface area contributed by atoms with Gasteiger partial charge in [-0.25, -0.2) is 0 Å². The van der Waals surface area contributed by atoms with Gasteiger partial charge in [-0.05, 0) is 43.5 Å². The Bertz CT molecular complexity index is 950. The minimum Gasteiger partial charge on any atom is -0.357 e. The Labute approximate surface area is 179 Å². The highest BCUT2D eigenvalue weighted by Crippen LogP contribution is 2.27. The molecule has 0 aliphatic carbocycles. The van der Waals surface area contributed by atoms with E-state index in [0.29, 0.717) is 21.6 Å². The molecule has 3 heterocycles. The number of carbonyl (C=O) groups excluding carboxylic acids is 1. The lowest BCUT2D eigenvalue weighted by Gasteiger charge is -2.20. The maximum Gasteiger partial charge on any atom is 0.261 e. The van der Waals surface area contributed by atoms with E-state index in [2.05, 4.69) is 15.7 Å².